The van der Waals surface area contributed by atoms with Crippen LogP contribution in [0.3, 0.4) is 0 Å². The zero-order valence-electron chi connectivity index (χ0n) is 16.0. The van der Waals surface area contributed by atoms with E-state index in [9.17, 15) is 14.3 Å². The predicted molar refractivity (Wildman–Crippen MR) is 105 cm³/mol. The van der Waals surface area contributed by atoms with Crippen LogP contribution in [0.25, 0.3) is 0 Å². The van der Waals surface area contributed by atoms with Crippen molar-refractivity contribution in [1.29, 1.82) is 0 Å². The molecular weight excluding hydrogens is 345 g/mol. The molecule has 0 radical (unpaired) electrons. The molecule has 1 heterocycles. The molecule has 0 fully saturated rings. The number of anilines is 1. The quantitative estimate of drug-likeness (QED) is 0.634. The largest absolute Gasteiger partial charge is 0.508 e. The minimum Gasteiger partial charge on any atom is -0.508 e. The minimum atomic E-state index is -0.431. The maximum atomic E-state index is 14.6. The normalized spacial score (nSPS) is 18.4. The van der Waals surface area contributed by atoms with Gasteiger partial charge in [0.05, 0.1) is 6.21 Å². The molecule has 0 aromatic heterocycles. The van der Waals surface area contributed by atoms with E-state index in [0.29, 0.717) is 17.0 Å². The lowest BCUT2D eigenvalue weighted by Crippen LogP contribution is -2.45. The number of rotatable bonds is 3. The van der Waals surface area contributed by atoms with E-state index in [4.69, 9.17) is 0 Å². The Morgan fingerprint density at radius 2 is 2.00 bits per heavy atom. The van der Waals surface area contributed by atoms with E-state index >= 15 is 0 Å². The number of nitrogens with one attached hydrogen (secondary N) is 1. The summed E-state index contributed by atoms with van der Waals surface area (Å²) >= 11 is 0. The van der Waals surface area contributed by atoms with Crippen LogP contribution < -0.4 is 10.3 Å². The Morgan fingerprint density at radius 3 is 2.67 bits per heavy atom. The summed E-state index contributed by atoms with van der Waals surface area (Å²) in [6.07, 6.45) is 2.29. The highest BCUT2D eigenvalue weighted by atomic mass is 19.1. The Hall–Kier alpha value is -2.89. The van der Waals surface area contributed by atoms with E-state index in [-0.39, 0.29) is 17.1 Å². The molecule has 6 heteroatoms. The summed E-state index contributed by atoms with van der Waals surface area (Å²) < 4.78 is 14.6. The molecule has 5 nitrogen and oxygen atoms in total. The molecule has 0 aliphatic carbocycles. The van der Waals surface area contributed by atoms with Crippen LogP contribution in [0.5, 0.6) is 5.75 Å². The topological polar surface area (TPSA) is 64.9 Å². The van der Waals surface area contributed by atoms with E-state index in [2.05, 4.69) is 36.2 Å². The zero-order chi connectivity index (χ0) is 19.8. The summed E-state index contributed by atoms with van der Waals surface area (Å²) in [5.41, 5.74) is 5.00. The van der Waals surface area contributed by atoms with Gasteiger partial charge in [0.1, 0.15) is 11.6 Å². The average molecular weight is 369 g/mol. The molecule has 0 bridgehead atoms. The Labute approximate surface area is 158 Å². The number of aromatic hydroxyl groups is 1. The van der Waals surface area contributed by atoms with Crippen LogP contribution in [0.4, 0.5) is 10.1 Å². The van der Waals surface area contributed by atoms with Crippen LogP contribution >= 0.6 is 0 Å². The number of fused-ring (bicyclic) bond motifs is 1. The molecular formula is C21H24FN3O2. The van der Waals surface area contributed by atoms with Gasteiger partial charge in [-0.3, -0.25) is 4.79 Å². The minimum absolute atomic E-state index is 0.0352. The monoisotopic (exact) mass is 369 g/mol. The number of phenolic OH excluding ortho intramolecular Hbond substituents is 1. The Balaban J connectivity index is 1.80. The van der Waals surface area contributed by atoms with Crippen LogP contribution in [-0.2, 0) is 0 Å². The summed E-state index contributed by atoms with van der Waals surface area (Å²) in [5, 5.41) is 13.1. The smallest absolute Gasteiger partial charge is 0.271 e. The van der Waals surface area contributed by atoms with Crippen molar-refractivity contribution in [2.24, 2.45) is 5.10 Å². The SMILES string of the molecule is CC1CC(C)(C)N(C)c2cc(F)c(/C=N\NC(=O)c3ccc(O)cc3)cc21. The Kier molecular flexibility index (Phi) is 4.91. The van der Waals surface area contributed by atoms with Gasteiger partial charge in [-0.1, -0.05) is 6.92 Å². The summed E-state index contributed by atoms with van der Waals surface area (Å²) in [6, 6.07) is 9.15. The van der Waals surface area contributed by atoms with Crippen molar-refractivity contribution >= 4 is 17.8 Å². The summed E-state index contributed by atoms with van der Waals surface area (Å²) in [4.78, 5) is 14.1. The van der Waals surface area contributed by atoms with Gasteiger partial charge in [-0.25, -0.2) is 9.82 Å². The van der Waals surface area contributed by atoms with Gasteiger partial charge in [-0.15, -0.1) is 0 Å². The van der Waals surface area contributed by atoms with Crippen LogP contribution in [0.15, 0.2) is 41.5 Å². The Bertz CT molecular complexity index is 891. The van der Waals surface area contributed by atoms with Crippen LogP contribution in [0.1, 0.15) is 54.6 Å². The third-order valence-corrected chi connectivity index (χ3v) is 5.25. The van der Waals surface area contributed by atoms with E-state index in [1.165, 1.54) is 36.5 Å². The molecule has 1 aliphatic rings. The van der Waals surface area contributed by atoms with Crippen molar-refractivity contribution in [3.63, 3.8) is 0 Å². The van der Waals surface area contributed by atoms with Gasteiger partial charge >= 0.3 is 0 Å². The molecule has 142 valence electrons. The van der Waals surface area contributed by atoms with Crippen LogP contribution in [0, 0.1) is 5.82 Å². The van der Waals surface area contributed by atoms with Gasteiger partial charge in [0.25, 0.3) is 5.91 Å². The summed E-state index contributed by atoms with van der Waals surface area (Å²) in [7, 11) is 1.98. The lowest BCUT2D eigenvalue weighted by atomic mass is 9.80. The molecule has 1 amide bonds. The number of nitrogens with zero attached hydrogens (tertiary/aromatic N) is 2. The van der Waals surface area contributed by atoms with Crippen molar-refractivity contribution in [3.8, 4) is 5.75 Å². The van der Waals surface area contributed by atoms with E-state index < -0.39 is 5.91 Å². The maximum absolute atomic E-state index is 14.6. The van der Waals surface area contributed by atoms with Gasteiger partial charge in [-0.2, -0.15) is 5.10 Å². The van der Waals surface area contributed by atoms with E-state index in [1.807, 2.05) is 7.05 Å². The van der Waals surface area contributed by atoms with Gasteiger partial charge in [0, 0.05) is 29.4 Å². The highest BCUT2D eigenvalue weighted by Gasteiger charge is 2.34. The number of hydrogen-bond acceptors (Lipinski definition) is 4. The third-order valence-electron chi connectivity index (χ3n) is 5.25. The molecule has 2 aromatic carbocycles. The first kappa shape index (κ1) is 18.9. The summed E-state index contributed by atoms with van der Waals surface area (Å²) in [5.74, 6) is -0.438. The predicted octanol–water partition coefficient (Wildman–Crippen LogP) is 4.02. The number of benzene rings is 2. The molecule has 27 heavy (non-hydrogen) atoms. The first-order chi connectivity index (χ1) is 12.7. The van der Waals surface area contributed by atoms with Gasteiger partial charge in [-0.05, 0) is 68.1 Å². The second-order valence-electron chi connectivity index (χ2n) is 7.66. The number of hydrazone groups is 1. The fourth-order valence-electron chi connectivity index (χ4n) is 3.54. The fraction of sp³-hybridized carbons (Fsp3) is 0.333. The van der Waals surface area contributed by atoms with Crippen molar-refractivity contribution in [2.75, 3.05) is 11.9 Å². The van der Waals surface area contributed by atoms with Crippen molar-refractivity contribution in [3.05, 3.63) is 58.9 Å². The maximum Gasteiger partial charge on any atom is 0.271 e. The molecule has 1 aliphatic heterocycles. The molecule has 1 unspecified atom stereocenters. The second kappa shape index (κ2) is 7.02. The van der Waals surface area contributed by atoms with Gasteiger partial charge in [0.15, 0.2) is 0 Å². The molecule has 0 saturated heterocycles. The van der Waals surface area contributed by atoms with Crippen molar-refractivity contribution in [2.45, 2.75) is 38.6 Å². The number of hydrogen-bond donors (Lipinski definition) is 2. The highest BCUT2D eigenvalue weighted by molar-refractivity contribution is 5.95. The number of phenols is 1. The Morgan fingerprint density at radius 1 is 1.33 bits per heavy atom. The fourth-order valence-corrected chi connectivity index (χ4v) is 3.54. The third kappa shape index (κ3) is 3.79. The first-order valence-corrected chi connectivity index (χ1v) is 8.89. The highest BCUT2D eigenvalue weighted by Crippen LogP contribution is 2.43. The molecule has 2 aromatic rings. The van der Waals surface area contributed by atoms with Crippen molar-refractivity contribution in [1.82, 2.24) is 5.43 Å². The van der Waals surface area contributed by atoms with E-state index in [0.717, 1.165) is 17.7 Å². The second-order valence-corrected chi connectivity index (χ2v) is 7.66. The molecule has 3 rings (SSSR count). The molecule has 0 saturated carbocycles. The lowest BCUT2D eigenvalue weighted by Gasteiger charge is -2.45. The van der Waals surface area contributed by atoms with Crippen molar-refractivity contribution < 1.29 is 14.3 Å². The number of carbonyl (C=O) groups is 1. The molecule has 1 atom stereocenters. The van der Waals surface area contributed by atoms with E-state index in [1.54, 1.807) is 6.07 Å². The van der Waals surface area contributed by atoms with Gasteiger partial charge < -0.3 is 10.0 Å². The molecule has 0 spiro atoms. The lowest BCUT2D eigenvalue weighted by molar-refractivity contribution is 0.0955. The summed E-state index contributed by atoms with van der Waals surface area (Å²) in [6.45, 7) is 6.44. The number of carbonyl (C=O) groups excluding carboxylic acids is 1. The average Bonchev–Trinajstić information content (AvgIpc) is 2.61. The first-order valence-electron chi connectivity index (χ1n) is 8.89. The number of amides is 1. The standard InChI is InChI=1S/C21H24FN3O2/c1-13-11-21(2,3)25(4)19-10-18(22)15(9-17(13)19)12-23-24-20(27)14-5-7-16(26)8-6-14/h5-10,12-13,26H,11H2,1-4H3,(H,24,27)/b23-12-. The van der Waals surface area contributed by atoms with Crippen LogP contribution in [0.2, 0.25) is 0 Å². The zero-order valence-corrected chi connectivity index (χ0v) is 16.0. The number of halogens is 1. The van der Waals surface area contributed by atoms with Gasteiger partial charge in [0.2, 0.25) is 0 Å². The van der Waals surface area contributed by atoms with Crippen LogP contribution in [-0.4, -0.2) is 29.8 Å². The molecule has 2 N–H and O–H groups in total.